The predicted octanol–water partition coefficient (Wildman–Crippen LogP) is 4.48. The van der Waals surface area contributed by atoms with Gasteiger partial charge in [-0.3, -0.25) is 9.59 Å². The Kier molecular flexibility index (Phi) is 7.79. The summed E-state index contributed by atoms with van der Waals surface area (Å²) in [5.41, 5.74) is 5.69. The fraction of sp³-hybridized carbons (Fsp3) is 0.0833. The van der Waals surface area contributed by atoms with Crippen molar-refractivity contribution in [2.75, 3.05) is 17.7 Å². The van der Waals surface area contributed by atoms with Crippen LogP contribution in [0.4, 0.5) is 5.69 Å². The van der Waals surface area contributed by atoms with Crippen molar-refractivity contribution in [2.45, 2.75) is 5.16 Å². The van der Waals surface area contributed by atoms with Crippen LogP contribution in [-0.2, 0) is 9.59 Å². The average molecular weight is 494 g/mol. The Morgan fingerprint density at radius 1 is 1.03 bits per heavy atom. The third-order valence-electron chi connectivity index (χ3n) is 4.49. The van der Waals surface area contributed by atoms with E-state index < -0.39 is 0 Å². The molecule has 3 N–H and O–H groups in total. The fourth-order valence-corrected chi connectivity index (χ4v) is 3.68. The van der Waals surface area contributed by atoms with Crippen molar-refractivity contribution in [3.63, 3.8) is 0 Å². The molecule has 8 nitrogen and oxygen atoms in total. The van der Waals surface area contributed by atoms with E-state index in [1.165, 1.54) is 18.0 Å². The highest BCUT2D eigenvalue weighted by atomic mass is 35.5. The number of nitrogens with one attached hydrogen (secondary N) is 3. The molecule has 0 aliphatic rings. The van der Waals surface area contributed by atoms with Gasteiger partial charge >= 0.3 is 0 Å². The van der Waals surface area contributed by atoms with E-state index in [0.29, 0.717) is 21.6 Å². The summed E-state index contributed by atoms with van der Waals surface area (Å²) in [7, 11) is 0. The second-order valence-corrected chi connectivity index (χ2v) is 8.45. The first-order valence-electron chi connectivity index (χ1n) is 10.2. The minimum absolute atomic E-state index is 0.130. The third kappa shape index (κ3) is 6.84. The van der Waals surface area contributed by atoms with Crippen molar-refractivity contribution in [1.82, 2.24) is 15.4 Å². The Morgan fingerprint density at radius 2 is 1.79 bits per heavy atom. The molecule has 34 heavy (non-hydrogen) atoms. The zero-order chi connectivity index (χ0) is 23.8. The van der Waals surface area contributed by atoms with E-state index in [0.717, 1.165) is 16.6 Å². The van der Waals surface area contributed by atoms with E-state index in [-0.39, 0.29) is 24.2 Å². The number of aromatic nitrogens is 2. The second kappa shape index (κ2) is 11.4. The van der Waals surface area contributed by atoms with Crippen LogP contribution in [0.15, 0.2) is 83.1 Å². The molecule has 0 unspecified atom stereocenters. The molecular formula is C24H20ClN5O3S. The van der Waals surface area contributed by atoms with Gasteiger partial charge in [-0.15, -0.1) is 0 Å². The Labute approximate surface area is 204 Å². The number of amides is 2. The smallest absolute Gasteiger partial charge is 0.262 e. The molecule has 4 aromatic rings. The maximum Gasteiger partial charge on any atom is 0.262 e. The molecule has 0 saturated heterocycles. The SMILES string of the molecule is O=C(CSc1nc2ccccc2[nH]1)N/N=C\c1ccc(OCC(=O)Nc2ccc(Cl)cc2)cc1. The van der Waals surface area contributed by atoms with Gasteiger partial charge in [0.2, 0.25) is 0 Å². The Balaban J connectivity index is 1.18. The molecule has 0 bridgehead atoms. The predicted molar refractivity (Wildman–Crippen MR) is 135 cm³/mol. The average Bonchev–Trinajstić information content (AvgIpc) is 3.27. The van der Waals surface area contributed by atoms with Crippen LogP contribution in [0.1, 0.15) is 5.56 Å². The summed E-state index contributed by atoms with van der Waals surface area (Å²) in [5, 5.41) is 7.97. The van der Waals surface area contributed by atoms with Crippen LogP contribution in [0.2, 0.25) is 5.02 Å². The molecule has 3 aromatic carbocycles. The van der Waals surface area contributed by atoms with Gasteiger partial charge in [-0.05, 0) is 66.2 Å². The van der Waals surface area contributed by atoms with Crippen LogP contribution in [0.3, 0.4) is 0 Å². The topological polar surface area (TPSA) is 108 Å². The molecule has 10 heteroatoms. The molecule has 0 aliphatic carbocycles. The van der Waals surface area contributed by atoms with Gasteiger partial charge in [0, 0.05) is 10.7 Å². The van der Waals surface area contributed by atoms with E-state index >= 15 is 0 Å². The number of H-pyrrole nitrogens is 1. The number of benzene rings is 3. The number of hydrogen-bond acceptors (Lipinski definition) is 6. The first-order chi connectivity index (χ1) is 16.5. The summed E-state index contributed by atoms with van der Waals surface area (Å²) in [4.78, 5) is 31.6. The Hall–Kier alpha value is -3.82. The zero-order valence-corrected chi connectivity index (χ0v) is 19.4. The fourth-order valence-electron chi connectivity index (χ4n) is 2.87. The Bertz CT molecular complexity index is 1270. The molecule has 0 saturated carbocycles. The molecule has 0 atom stereocenters. The van der Waals surface area contributed by atoms with E-state index in [1.54, 1.807) is 48.5 Å². The summed E-state index contributed by atoms with van der Waals surface area (Å²) < 4.78 is 5.49. The van der Waals surface area contributed by atoms with E-state index in [2.05, 4.69) is 25.8 Å². The van der Waals surface area contributed by atoms with Crippen LogP contribution in [0, 0.1) is 0 Å². The highest BCUT2D eigenvalue weighted by Crippen LogP contribution is 2.19. The molecule has 2 amide bonds. The summed E-state index contributed by atoms with van der Waals surface area (Å²) in [5.74, 6) is 0.196. The van der Waals surface area contributed by atoms with Crippen molar-refractivity contribution in [3.05, 3.63) is 83.4 Å². The normalized spacial score (nSPS) is 11.0. The van der Waals surface area contributed by atoms with Crippen LogP contribution in [-0.4, -0.2) is 40.4 Å². The number of para-hydroxylation sites is 2. The molecule has 0 fully saturated rings. The number of thioether (sulfide) groups is 1. The van der Waals surface area contributed by atoms with Crippen LogP contribution in [0.25, 0.3) is 11.0 Å². The largest absolute Gasteiger partial charge is 0.484 e. The molecule has 0 radical (unpaired) electrons. The van der Waals surface area contributed by atoms with Gasteiger partial charge in [-0.2, -0.15) is 5.10 Å². The van der Waals surface area contributed by atoms with Gasteiger partial charge in [-0.1, -0.05) is 35.5 Å². The summed E-state index contributed by atoms with van der Waals surface area (Å²) in [6.07, 6.45) is 1.53. The number of hydrazone groups is 1. The number of anilines is 1. The van der Waals surface area contributed by atoms with Crippen LogP contribution in [0.5, 0.6) is 5.75 Å². The van der Waals surface area contributed by atoms with Gasteiger partial charge in [0.05, 0.1) is 23.0 Å². The van der Waals surface area contributed by atoms with Crippen LogP contribution < -0.4 is 15.5 Å². The highest BCUT2D eigenvalue weighted by Gasteiger charge is 2.06. The maximum absolute atomic E-state index is 12.0. The van der Waals surface area contributed by atoms with Crippen molar-refractivity contribution in [3.8, 4) is 5.75 Å². The molecular weight excluding hydrogens is 474 g/mol. The zero-order valence-electron chi connectivity index (χ0n) is 17.8. The van der Waals surface area contributed by atoms with E-state index in [1.807, 2.05) is 24.3 Å². The lowest BCUT2D eigenvalue weighted by molar-refractivity contribution is -0.119. The minimum atomic E-state index is -0.281. The van der Waals surface area contributed by atoms with Crippen molar-refractivity contribution < 1.29 is 14.3 Å². The van der Waals surface area contributed by atoms with Gasteiger partial charge in [0.15, 0.2) is 11.8 Å². The number of nitrogens with zero attached hydrogens (tertiary/aromatic N) is 2. The molecule has 0 spiro atoms. The van der Waals surface area contributed by atoms with Crippen molar-refractivity contribution in [2.24, 2.45) is 5.10 Å². The van der Waals surface area contributed by atoms with Gasteiger partial charge < -0.3 is 15.0 Å². The minimum Gasteiger partial charge on any atom is -0.484 e. The number of ether oxygens (including phenoxy) is 1. The lowest BCUT2D eigenvalue weighted by atomic mass is 10.2. The molecule has 1 heterocycles. The van der Waals surface area contributed by atoms with Gasteiger partial charge in [0.25, 0.3) is 11.8 Å². The quantitative estimate of drug-likeness (QED) is 0.181. The molecule has 172 valence electrons. The summed E-state index contributed by atoms with van der Waals surface area (Å²) >= 11 is 7.13. The lowest BCUT2D eigenvalue weighted by Gasteiger charge is -2.08. The lowest BCUT2D eigenvalue weighted by Crippen LogP contribution is -2.20. The monoisotopic (exact) mass is 493 g/mol. The molecule has 1 aromatic heterocycles. The third-order valence-corrected chi connectivity index (χ3v) is 5.61. The Morgan fingerprint density at radius 3 is 2.56 bits per heavy atom. The van der Waals surface area contributed by atoms with Gasteiger partial charge in [-0.25, -0.2) is 10.4 Å². The summed E-state index contributed by atoms with van der Waals surface area (Å²) in [6.45, 7) is -0.130. The summed E-state index contributed by atoms with van der Waals surface area (Å²) in [6, 6.07) is 21.5. The number of fused-ring (bicyclic) bond motifs is 1. The number of rotatable bonds is 9. The number of carbonyl (C=O) groups is 2. The highest BCUT2D eigenvalue weighted by molar-refractivity contribution is 7.99. The number of imidazole rings is 1. The number of halogens is 1. The van der Waals surface area contributed by atoms with Crippen molar-refractivity contribution >= 4 is 58.1 Å². The van der Waals surface area contributed by atoms with E-state index in [9.17, 15) is 9.59 Å². The van der Waals surface area contributed by atoms with E-state index in [4.69, 9.17) is 16.3 Å². The van der Waals surface area contributed by atoms with Gasteiger partial charge in [0.1, 0.15) is 5.75 Å². The standard InChI is InChI=1S/C24H20ClN5O3S/c25-17-7-9-18(10-8-17)27-22(31)14-33-19-11-5-16(6-12-19)13-26-30-23(32)15-34-24-28-20-3-1-2-4-21(20)29-24/h1-13H,14-15H2,(H,27,31)(H,28,29)(H,30,32)/b26-13-. The number of hydrogen-bond donors (Lipinski definition) is 3. The first kappa shape index (κ1) is 23.3. The van der Waals surface area contributed by atoms with Crippen LogP contribution >= 0.6 is 23.4 Å². The molecule has 0 aliphatic heterocycles. The molecule has 4 rings (SSSR count). The van der Waals surface area contributed by atoms with Crippen molar-refractivity contribution in [1.29, 1.82) is 0 Å². The number of carbonyl (C=O) groups excluding carboxylic acids is 2. The number of aromatic amines is 1. The first-order valence-corrected chi connectivity index (χ1v) is 11.6. The second-order valence-electron chi connectivity index (χ2n) is 7.05. The maximum atomic E-state index is 12.0.